The number of dihydropyridines is 1. The minimum atomic E-state index is -0.737. The lowest BCUT2D eigenvalue weighted by Gasteiger charge is -2.43. The molecule has 9 heteroatoms. The van der Waals surface area contributed by atoms with Gasteiger partial charge in [0.2, 0.25) is 5.91 Å². The number of nitro groups is 1. The topological polar surface area (TPSA) is 114 Å². The van der Waals surface area contributed by atoms with Crippen molar-refractivity contribution in [1.29, 1.82) is 0 Å². The fraction of sp³-hybridized carbons (Fsp3) is 0.351. The van der Waals surface area contributed by atoms with Crippen LogP contribution in [0.25, 0.3) is 0 Å². The lowest BCUT2D eigenvalue weighted by molar-refractivity contribution is -0.385. The van der Waals surface area contributed by atoms with Gasteiger partial charge < -0.3 is 20.3 Å². The summed E-state index contributed by atoms with van der Waals surface area (Å²) in [6, 6.07) is 26.3. The summed E-state index contributed by atoms with van der Waals surface area (Å²) in [5, 5.41) is 17.7. The van der Waals surface area contributed by atoms with Gasteiger partial charge in [0.1, 0.15) is 0 Å². The highest BCUT2D eigenvalue weighted by atomic mass is 16.6. The number of aryl methyl sites for hydroxylation is 1. The highest BCUT2D eigenvalue weighted by molar-refractivity contribution is 6.02. The number of nitro benzene ring substituents is 1. The lowest BCUT2D eigenvalue weighted by atomic mass is 9.68. The summed E-state index contributed by atoms with van der Waals surface area (Å²) in [5.41, 5.74) is 5.64. The standard InChI is InChI=1S/C37H42N4O5/c1-25-24-28(16-17-31(25)41(44)45)34-32(26(2)39-27(3)33(34)36(43)46-4)35(42)38-20-11-21-40-22-18-37(19-23-40,29-12-7-5-8-13-29)30-14-9-6-10-15-30/h5-10,12-17,24,34,39H,11,18-23H2,1-4H3,(H,38,42). The van der Waals surface area contributed by atoms with Crippen molar-refractivity contribution < 1.29 is 19.2 Å². The monoisotopic (exact) mass is 622 g/mol. The fourth-order valence-corrected chi connectivity index (χ4v) is 7.09. The van der Waals surface area contributed by atoms with Gasteiger partial charge >= 0.3 is 5.97 Å². The molecule has 9 nitrogen and oxygen atoms in total. The summed E-state index contributed by atoms with van der Waals surface area (Å²) in [7, 11) is 1.30. The van der Waals surface area contributed by atoms with Crippen molar-refractivity contribution in [2.24, 2.45) is 0 Å². The van der Waals surface area contributed by atoms with Gasteiger partial charge in [0.25, 0.3) is 5.69 Å². The van der Waals surface area contributed by atoms with Crippen molar-refractivity contribution in [2.45, 2.75) is 51.4 Å². The Balaban J connectivity index is 1.26. The first-order valence-electron chi connectivity index (χ1n) is 15.8. The normalized spacial score (nSPS) is 18.1. The van der Waals surface area contributed by atoms with Crippen LogP contribution in [0.1, 0.15) is 61.3 Å². The Morgan fingerprint density at radius 2 is 1.52 bits per heavy atom. The Morgan fingerprint density at radius 1 is 0.935 bits per heavy atom. The summed E-state index contributed by atoms with van der Waals surface area (Å²) in [6.45, 7) is 8.46. The van der Waals surface area contributed by atoms with Crippen LogP contribution < -0.4 is 10.6 Å². The quantitative estimate of drug-likeness (QED) is 0.125. The Hall–Kier alpha value is -4.76. The van der Waals surface area contributed by atoms with Gasteiger partial charge in [-0.3, -0.25) is 14.9 Å². The predicted octanol–water partition coefficient (Wildman–Crippen LogP) is 5.90. The van der Waals surface area contributed by atoms with Gasteiger partial charge in [-0.1, -0.05) is 66.7 Å². The number of nitrogens with one attached hydrogen (secondary N) is 2. The smallest absolute Gasteiger partial charge is 0.336 e. The highest BCUT2D eigenvalue weighted by Gasteiger charge is 2.39. The molecule has 0 aromatic heterocycles. The van der Waals surface area contributed by atoms with Crippen molar-refractivity contribution in [3.05, 3.63) is 134 Å². The predicted molar refractivity (Wildman–Crippen MR) is 178 cm³/mol. The van der Waals surface area contributed by atoms with Gasteiger partial charge in [0.15, 0.2) is 0 Å². The van der Waals surface area contributed by atoms with Gasteiger partial charge in [-0.2, -0.15) is 0 Å². The molecular weight excluding hydrogens is 580 g/mol. The number of allylic oxidation sites excluding steroid dienone is 2. The van der Waals surface area contributed by atoms with Crippen LogP contribution in [0.3, 0.4) is 0 Å². The summed E-state index contributed by atoms with van der Waals surface area (Å²) in [6.07, 6.45) is 2.81. The number of carbonyl (C=O) groups excluding carboxylic acids is 2. The molecule has 1 unspecified atom stereocenters. The summed E-state index contributed by atoms with van der Waals surface area (Å²) in [5.74, 6) is -1.58. The van der Waals surface area contributed by atoms with Crippen LogP contribution in [-0.4, -0.2) is 55.0 Å². The maximum Gasteiger partial charge on any atom is 0.336 e. The number of likely N-dealkylation sites (tertiary alicyclic amines) is 1. The first kappa shape index (κ1) is 32.6. The number of nitrogens with zero attached hydrogens (tertiary/aromatic N) is 2. The second-order valence-electron chi connectivity index (χ2n) is 12.2. The van der Waals surface area contributed by atoms with Crippen molar-refractivity contribution >= 4 is 17.6 Å². The molecule has 1 fully saturated rings. The Kier molecular flexibility index (Phi) is 10.0. The zero-order valence-electron chi connectivity index (χ0n) is 27.0. The molecule has 1 atom stereocenters. The number of piperidine rings is 1. The zero-order chi connectivity index (χ0) is 32.8. The SMILES string of the molecule is COC(=O)C1=C(C)NC(C)=C(C(=O)NCCCN2CCC(c3ccccc3)(c3ccccc3)CC2)C1c1ccc([N+](=O)[O-])c(C)c1. The Morgan fingerprint density at radius 3 is 2.07 bits per heavy atom. The number of methoxy groups -OCH3 is 1. The highest BCUT2D eigenvalue weighted by Crippen LogP contribution is 2.42. The van der Waals surface area contributed by atoms with Crippen molar-refractivity contribution in [3.63, 3.8) is 0 Å². The number of amides is 1. The molecule has 0 saturated carbocycles. The minimum Gasteiger partial charge on any atom is -0.466 e. The van der Waals surface area contributed by atoms with E-state index in [4.69, 9.17) is 4.74 Å². The third-order valence-electron chi connectivity index (χ3n) is 9.46. The molecule has 0 radical (unpaired) electrons. The number of hydrogen-bond acceptors (Lipinski definition) is 7. The maximum atomic E-state index is 13.8. The van der Waals surface area contributed by atoms with Crippen molar-refractivity contribution in [1.82, 2.24) is 15.5 Å². The van der Waals surface area contributed by atoms with E-state index in [1.54, 1.807) is 32.9 Å². The van der Waals surface area contributed by atoms with Crippen LogP contribution in [0.15, 0.2) is 101 Å². The summed E-state index contributed by atoms with van der Waals surface area (Å²) in [4.78, 5) is 40.2. The molecule has 3 aromatic carbocycles. The largest absolute Gasteiger partial charge is 0.466 e. The summed E-state index contributed by atoms with van der Waals surface area (Å²) < 4.78 is 5.10. The Bertz CT molecular complexity index is 1620. The molecular formula is C37H42N4O5. The van der Waals surface area contributed by atoms with E-state index < -0.39 is 16.8 Å². The molecule has 2 heterocycles. The van der Waals surface area contributed by atoms with Crippen molar-refractivity contribution in [3.8, 4) is 0 Å². The first-order valence-corrected chi connectivity index (χ1v) is 15.8. The Labute approximate surface area is 270 Å². The molecule has 2 aliphatic heterocycles. The van der Waals surface area contributed by atoms with E-state index in [0.29, 0.717) is 40.2 Å². The number of rotatable bonds is 10. The molecule has 3 aromatic rings. The third kappa shape index (κ3) is 6.60. The maximum absolute atomic E-state index is 13.8. The molecule has 0 aliphatic carbocycles. The fourth-order valence-electron chi connectivity index (χ4n) is 7.09. The number of carbonyl (C=O) groups is 2. The lowest BCUT2D eigenvalue weighted by Crippen LogP contribution is -2.44. The number of esters is 1. The van der Waals surface area contributed by atoms with Crippen LogP contribution >= 0.6 is 0 Å². The minimum absolute atomic E-state index is 0.0144. The molecule has 1 amide bonds. The number of benzene rings is 3. The average molecular weight is 623 g/mol. The van der Waals surface area contributed by atoms with E-state index in [-0.39, 0.29) is 17.0 Å². The molecule has 0 bridgehead atoms. The molecule has 1 saturated heterocycles. The van der Waals surface area contributed by atoms with Gasteiger partial charge in [-0.15, -0.1) is 0 Å². The van der Waals surface area contributed by atoms with Gasteiger partial charge in [-0.25, -0.2) is 4.79 Å². The van der Waals surface area contributed by atoms with E-state index in [1.807, 2.05) is 0 Å². The second kappa shape index (κ2) is 14.1. The van der Waals surface area contributed by atoms with Crippen LogP contribution in [0.4, 0.5) is 5.69 Å². The summed E-state index contributed by atoms with van der Waals surface area (Å²) >= 11 is 0. The molecule has 5 rings (SSSR count). The first-order chi connectivity index (χ1) is 22.2. The molecule has 2 N–H and O–H groups in total. The van der Waals surface area contributed by atoms with E-state index in [9.17, 15) is 19.7 Å². The molecule has 240 valence electrons. The number of ether oxygens (including phenoxy) is 1. The average Bonchev–Trinajstić information content (AvgIpc) is 3.06. The van der Waals surface area contributed by atoms with Crippen LogP contribution in [0, 0.1) is 17.0 Å². The van der Waals surface area contributed by atoms with Crippen LogP contribution in [0.5, 0.6) is 0 Å². The molecule has 46 heavy (non-hydrogen) atoms. The second-order valence-corrected chi connectivity index (χ2v) is 12.2. The van der Waals surface area contributed by atoms with Crippen LogP contribution in [0.2, 0.25) is 0 Å². The van der Waals surface area contributed by atoms with Crippen molar-refractivity contribution in [2.75, 3.05) is 33.3 Å². The third-order valence-corrected chi connectivity index (χ3v) is 9.46. The van der Waals surface area contributed by atoms with Gasteiger partial charge in [0.05, 0.1) is 23.5 Å². The van der Waals surface area contributed by atoms with Gasteiger partial charge in [0, 0.05) is 40.6 Å². The van der Waals surface area contributed by atoms with E-state index in [0.717, 1.165) is 38.9 Å². The van der Waals surface area contributed by atoms with E-state index in [2.05, 4.69) is 76.2 Å². The number of hydrogen-bond donors (Lipinski definition) is 2. The van der Waals surface area contributed by atoms with E-state index >= 15 is 0 Å². The van der Waals surface area contributed by atoms with Gasteiger partial charge in [-0.05, 0) is 82.4 Å². The molecule has 0 spiro atoms. The van der Waals surface area contributed by atoms with E-state index in [1.165, 1.54) is 24.3 Å². The van der Waals surface area contributed by atoms with Crippen LogP contribution in [-0.2, 0) is 19.7 Å². The molecule has 2 aliphatic rings. The zero-order valence-corrected chi connectivity index (χ0v) is 27.0.